The molecule has 34 heavy (non-hydrogen) atoms. The molecule has 0 radical (unpaired) electrons. The molecule has 1 unspecified atom stereocenters. The van der Waals surface area contributed by atoms with E-state index < -0.39 is 17.0 Å². The van der Waals surface area contributed by atoms with Crippen molar-refractivity contribution in [3.63, 3.8) is 0 Å². The zero-order valence-corrected chi connectivity index (χ0v) is 19.0. The van der Waals surface area contributed by atoms with Gasteiger partial charge in [-0.1, -0.05) is 35.5 Å². The molecule has 0 saturated carbocycles. The molecule has 1 heterocycles. The highest BCUT2D eigenvalue weighted by Gasteiger charge is 2.40. The largest absolute Gasteiger partial charge is 0.321 e. The first-order chi connectivity index (χ1) is 16.4. The molecule has 0 spiro atoms. The zero-order chi connectivity index (χ0) is 24.2. The van der Waals surface area contributed by atoms with E-state index in [0.29, 0.717) is 16.4 Å². The Morgan fingerprint density at radius 1 is 1.00 bits per heavy atom. The van der Waals surface area contributed by atoms with Crippen LogP contribution in [0.1, 0.15) is 5.56 Å². The molecular weight excluding hydrogens is 480 g/mol. The van der Waals surface area contributed by atoms with Crippen molar-refractivity contribution in [2.75, 3.05) is 10.2 Å². The average molecular weight is 496 g/mol. The van der Waals surface area contributed by atoms with Crippen LogP contribution in [0.5, 0.6) is 0 Å². The Labute approximate surface area is 203 Å². The third-order valence-corrected chi connectivity index (χ3v) is 6.54. The number of hydrogen-bond donors (Lipinski definition) is 1. The lowest BCUT2D eigenvalue weighted by Crippen LogP contribution is -2.30. The summed E-state index contributed by atoms with van der Waals surface area (Å²) in [7, 11) is 0. The van der Waals surface area contributed by atoms with Gasteiger partial charge in [0, 0.05) is 16.4 Å². The zero-order valence-electron chi connectivity index (χ0n) is 17.5. The number of thioether (sulfide) groups is 1. The van der Waals surface area contributed by atoms with Gasteiger partial charge in [-0.15, -0.1) is 0 Å². The van der Waals surface area contributed by atoms with E-state index in [4.69, 9.17) is 11.6 Å². The Hall–Kier alpha value is -3.67. The van der Waals surface area contributed by atoms with E-state index in [0.717, 1.165) is 17.3 Å². The molecule has 1 saturated heterocycles. The molecule has 3 aromatic carbocycles. The van der Waals surface area contributed by atoms with Crippen LogP contribution in [-0.4, -0.2) is 17.1 Å². The van der Waals surface area contributed by atoms with Gasteiger partial charge in [0.2, 0.25) is 5.91 Å². The van der Waals surface area contributed by atoms with E-state index in [-0.39, 0.29) is 28.7 Å². The highest BCUT2D eigenvalue weighted by Crippen LogP contribution is 2.42. The van der Waals surface area contributed by atoms with Gasteiger partial charge in [0.1, 0.15) is 28.3 Å². The van der Waals surface area contributed by atoms with Gasteiger partial charge in [-0.25, -0.2) is 8.78 Å². The van der Waals surface area contributed by atoms with Gasteiger partial charge in [-0.2, -0.15) is 5.26 Å². The van der Waals surface area contributed by atoms with Crippen LogP contribution in [0.15, 0.2) is 83.4 Å². The SMILES string of the molecule is N#C/C(C(=O)Nc1ccc(F)cc1)=C1\SC(Cc2ccc(F)cc2)C(=O)N1c1ccc(Cl)cc1. The number of hydrogen-bond acceptors (Lipinski definition) is 4. The molecule has 0 aliphatic carbocycles. The number of nitriles is 1. The van der Waals surface area contributed by atoms with Crippen LogP contribution in [0, 0.1) is 23.0 Å². The monoisotopic (exact) mass is 495 g/mol. The minimum Gasteiger partial charge on any atom is -0.321 e. The van der Waals surface area contributed by atoms with E-state index in [2.05, 4.69) is 5.32 Å². The van der Waals surface area contributed by atoms with Crippen LogP contribution in [0.25, 0.3) is 0 Å². The summed E-state index contributed by atoms with van der Waals surface area (Å²) in [6, 6.07) is 19.2. The standard InChI is InChI=1S/C25H16ClF2N3O2S/c26-16-3-11-20(12-4-16)31-24(33)22(13-15-1-5-17(27)6-2-15)34-25(31)21(14-29)23(32)30-19-9-7-18(28)8-10-19/h1-12,22H,13H2,(H,30,32)/b25-21+. The number of carbonyl (C=O) groups is 2. The molecule has 9 heteroatoms. The van der Waals surface area contributed by atoms with Crippen molar-refractivity contribution < 1.29 is 18.4 Å². The fourth-order valence-corrected chi connectivity index (χ4v) is 4.81. The molecule has 3 aromatic rings. The van der Waals surface area contributed by atoms with E-state index >= 15 is 0 Å². The van der Waals surface area contributed by atoms with Crippen LogP contribution >= 0.6 is 23.4 Å². The maximum Gasteiger partial charge on any atom is 0.269 e. The second-order valence-corrected chi connectivity index (χ2v) is 8.97. The summed E-state index contributed by atoms with van der Waals surface area (Å²) in [5.74, 6) is -1.91. The molecule has 1 fully saturated rings. The fourth-order valence-electron chi connectivity index (χ4n) is 3.37. The summed E-state index contributed by atoms with van der Waals surface area (Å²) >= 11 is 7.07. The maximum absolute atomic E-state index is 13.4. The lowest BCUT2D eigenvalue weighted by atomic mass is 10.1. The second kappa shape index (κ2) is 10.1. The Morgan fingerprint density at radius 2 is 1.59 bits per heavy atom. The lowest BCUT2D eigenvalue weighted by Gasteiger charge is -2.19. The van der Waals surface area contributed by atoms with Crippen molar-refractivity contribution in [1.82, 2.24) is 0 Å². The Kier molecular flexibility index (Phi) is 6.96. The molecule has 170 valence electrons. The van der Waals surface area contributed by atoms with Crippen molar-refractivity contribution in [2.24, 2.45) is 0 Å². The molecule has 5 nitrogen and oxygen atoms in total. The van der Waals surface area contributed by atoms with E-state index in [1.54, 1.807) is 36.4 Å². The molecule has 0 aromatic heterocycles. The number of carbonyl (C=O) groups excluding carboxylic acids is 2. The number of nitrogens with zero attached hydrogens (tertiary/aromatic N) is 2. The van der Waals surface area contributed by atoms with Crippen LogP contribution in [0.2, 0.25) is 5.02 Å². The quantitative estimate of drug-likeness (QED) is 0.365. The summed E-state index contributed by atoms with van der Waals surface area (Å²) in [5, 5.41) is 12.4. The molecule has 1 aliphatic rings. The van der Waals surface area contributed by atoms with Crippen LogP contribution in [0.3, 0.4) is 0 Å². The van der Waals surface area contributed by atoms with Crippen molar-refractivity contribution >= 4 is 46.6 Å². The number of anilines is 2. The summed E-state index contributed by atoms with van der Waals surface area (Å²) in [6.07, 6.45) is 0.273. The van der Waals surface area contributed by atoms with Gasteiger partial charge < -0.3 is 5.32 Å². The minimum absolute atomic E-state index is 0.168. The van der Waals surface area contributed by atoms with Crippen LogP contribution in [0.4, 0.5) is 20.2 Å². The summed E-state index contributed by atoms with van der Waals surface area (Å²) in [6.45, 7) is 0. The maximum atomic E-state index is 13.4. The van der Waals surface area contributed by atoms with Gasteiger partial charge in [0.05, 0.1) is 5.25 Å². The number of nitrogens with one attached hydrogen (secondary N) is 1. The van der Waals surface area contributed by atoms with Crippen molar-refractivity contribution in [3.05, 3.63) is 106 Å². The first kappa shape index (κ1) is 23.5. The second-order valence-electron chi connectivity index (χ2n) is 7.34. The number of rotatable bonds is 5. The van der Waals surface area contributed by atoms with Gasteiger partial charge >= 0.3 is 0 Å². The summed E-state index contributed by atoms with van der Waals surface area (Å²) in [4.78, 5) is 27.7. The smallest absolute Gasteiger partial charge is 0.269 e. The average Bonchev–Trinajstić information content (AvgIpc) is 3.13. The molecule has 0 bridgehead atoms. The third kappa shape index (κ3) is 5.11. The Balaban J connectivity index is 1.71. The molecule has 1 atom stereocenters. The summed E-state index contributed by atoms with van der Waals surface area (Å²) < 4.78 is 26.5. The number of halogens is 3. The van der Waals surface area contributed by atoms with Gasteiger partial charge in [0.15, 0.2) is 0 Å². The summed E-state index contributed by atoms with van der Waals surface area (Å²) in [5.41, 5.74) is 1.22. The van der Waals surface area contributed by atoms with Crippen molar-refractivity contribution in [1.29, 1.82) is 5.26 Å². The van der Waals surface area contributed by atoms with Gasteiger partial charge in [-0.3, -0.25) is 14.5 Å². The first-order valence-corrected chi connectivity index (χ1v) is 11.3. The molecule has 2 amide bonds. The third-order valence-electron chi connectivity index (χ3n) is 5.03. The van der Waals surface area contributed by atoms with E-state index in [1.807, 2.05) is 6.07 Å². The lowest BCUT2D eigenvalue weighted by molar-refractivity contribution is -0.117. The minimum atomic E-state index is -0.731. The van der Waals surface area contributed by atoms with Crippen LogP contribution in [-0.2, 0) is 16.0 Å². The normalized spacial score (nSPS) is 16.8. The Morgan fingerprint density at radius 3 is 2.18 bits per heavy atom. The predicted molar refractivity (Wildman–Crippen MR) is 128 cm³/mol. The van der Waals surface area contributed by atoms with E-state index in [1.165, 1.54) is 41.3 Å². The van der Waals surface area contributed by atoms with Crippen molar-refractivity contribution in [3.8, 4) is 6.07 Å². The predicted octanol–water partition coefficient (Wildman–Crippen LogP) is 5.68. The molecule has 4 rings (SSSR count). The molecular formula is C25H16ClF2N3O2S. The van der Waals surface area contributed by atoms with E-state index in [9.17, 15) is 23.6 Å². The van der Waals surface area contributed by atoms with Gasteiger partial charge in [0.25, 0.3) is 5.91 Å². The number of benzene rings is 3. The van der Waals surface area contributed by atoms with Gasteiger partial charge in [-0.05, 0) is 72.6 Å². The fraction of sp³-hybridized carbons (Fsp3) is 0.0800. The van der Waals surface area contributed by atoms with Crippen molar-refractivity contribution in [2.45, 2.75) is 11.7 Å². The highest BCUT2D eigenvalue weighted by molar-refractivity contribution is 8.05. The molecule has 1 N–H and O–H groups in total. The highest BCUT2D eigenvalue weighted by atomic mass is 35.5. The van der Waals surface area contributed by atoms with Crippen LogP contribution < -0.4 is 10.2 Å². The first-order valence-electron chi connectivity index (χ1n) is 10.1. The molecule has 1 aliphatic heterocycles. The Bertz CT molecular complexity index is 1300. The number of amides is 2. The topological polar surface area (TPSA) is 73.2 Å².